The maximum atomic E-state index is 13.4. The number of nitrogens with one attached hydrogen (secondary N) is 1. The summed E-state index contributed by atoms with van der Waals surface area (Å²) in [4.78, 5) is 25.3. The second kappa shape index (κ2) is 8.26. The fraction of sp³-hybridized carbons (Fsp3) is 0.176. The van der Waals surface area contributed by atoms with Gasteiger partial charge < -0.3 is 10.2 Å². The predicted octanol–water partition coefficient (Wildman–Crippen LogP) is 4.97. The van der Waals surface area contributed by atoms with E-state index in [-0.39, 0.29) is 11.3 Å². The van der Waals surface area contributed by atoms with Crippen LogP contribution in [0.4, 0.5) is 23.2 Å². The zero-order chi connectivity index (χ0) is 20.4. The first-order valence-corrected chi connectivity index (χ1v) is 8.52. The molecule has 0 saturated heterocycles. The van der Waals surface area contributed by atoms with Gasteiger partial charge in [0, 0.05) is 22.8 Å². The number of nitrogens with zero attached hydrogens (tertiary/aromatic N) is 1. The highest BCUT2D eigenvalue weighted by atomic mass is 79.9. The van der Waals surface area contributed by atoms with Crippen molar-refractivity contribution >= 4 is 45.0 Å². The Morgan fingerprint density at radius 1 is 1.19 bits per heavy atom. The monoisotopic (exact) mass is 466 g/mol. The molecule has 1 N–H and O–H groups in total. The Hall–Kier alpha value is -2.13. The number of hydrogen-bond acceptors (Lipinski definition) is 2. The average molecular weight is 468 g/mol. The summed E-state index contributed by atoms with van der Waals surface area (Å²) >= 11 is 8.58. The molecule has 4 nitrogen and oxygen atoms in total. The fourth-order valence-corrected chi connectivity index (χ4v) is 2.90. The van der Waals surface area contributed by atoms with E-state index in [1.807, 2.05) is 0 Å². The Kier molecular flexibility index (Phi) is 6.48. The summed E-state index contributed by atoms with van der Waals surface area (Å²) in [7, 11) is 1.31. The molecule has 0 aromatic heterocycles. The van der Waals surface area contributed by atoms with Crippen molar-refractivity contribution in [3.8, 4) is 0 Å². The maximum absolute atomic E-state index is 13.4. The van der Waals surface area contributed by atoms with Crippen molar-refractivity contribution in [2.75, 3.05) is 18.9 Å². The molecule has 0 radical (unpaired) electrons. The molecule has 2 aromatic rings. The molecular formula is C17H12BrClF4N2O2. The number of rotatable bonds is 4. The van der Waals surface area contributed by atoms with Crippen LogP contribution in [0.2, 0.25) is 5.02 Å². The standard InChI is InChI=1S/C17H12BrClF4N2O2/c1-25(16(27)9-4-10(18)6-11(20)5-9)8-15(26)24-12-2-3-14(19)13(7-12)17(21,22)23/h2-7H,8H2,1H3,(H,24,26). The summed E-state index contributed by atoms with van der Waals surface area (Å²) in [6.07, 6.45) is -4.67. The quantitative estimate of drug-likeness (QED) is 0.646. The van der Waals surface area contributed by atoms with Gasteiger partial charge in [-0.15, -0.1) is 0 Å². The Morgan fingerprint density at radius 3 is 2.44 bits per heavy atom. The summed E-state index contributed by atoms with van der Waals surface area (Å²) in [6.45, 7) is -0.447. The molecular weight excluding hydrogens is 456 g/mol. The van der Waals surface area contributed by atoms with Gasteiger partial charge in [0.1, 0.15) is 5.82 Å². The number of carbonyl (C=O) groups excluding carboxylic acids is 2. The van der Waals surface area contributed by atoms with Gasteiger partial charge in [-0.3, -0.25) is 9.59 Å². The Labute approximate surface area is 165 Å². The number of carbonyl (C=O) groups is 2. The molecule has 0 unspecified atom stereocenters. The van der Waals surface area contributed by atoms with Crippen LogP contribution < -0.4 is 5.32 Å². The van der Waals surface area contributed by atoms with Crippen molar-refractivity contribution in [1.82, 2.24) is 4.90 Å². The minimum Gasteiger partial charge on any atom is -0.332 e. The molecule has 0 bridgehead atoms. The van der Waals surface area contributed by atoms with Crippen molar-refractivity contribution in [3.05, 3.63) is 62.8 Å². The van der Waals surface area contributed by atoms with Crippen LogP contribution in [0.15, 0.2) is 40.9 Å². The van der Waals surface area contributed by atoms with Crippen molar-refractivity contribution in [1.29, 1.82) is 0 Å². The topological polar surface area (TPSA) is 49.4 Å². The molecule has 0 saturated carbocycles. The van der Waals surface area contributed by atoms with Crippen LogP contribution in [0, 0.1) is 5.82 Å². The van der Waals surface area contributed by atoms with E-state index in [9.17, 15) is 27.2 Å². The summed E-state index contributed by atoms with van der Waals surface area (Å²) in [5.41, 5.74) is -1.19. The van der Waals surface area contributed by atoms with E-state index in [0.717, 1.165) is 17.0 Å². The normalized spacial score (nSPS) is 11.2. The molecule has 144 valence electrons. The molecule has 2 amide bonds. The van der Waals surface area contributed by atoms with Gasteiger partial charge >= 0.3 is 6.18 Å². The molecule has 0 aliphatic carbocycles. The highest BCUT2D eigenvalue weighted by Crippen LogP contribution is 2.36. The van der Waals surface area contributed by atoms with E-state index in [0.29, 0.717) is 10.5 Å². The summed E-state index contributed by atoms with van der Waals surface area (Å²) in [5, 5.41) is 1.77. The molecule has 0 heterocycles. The van der Waals surface area contributed by atoms with Gasteiger partial charge in [0.05, 0.1) is 17.1 Å². The third-order valence-corrected chi connectivity index (χ3v) is 4.18. The molecule has 10 heteroatoms. The lowest BCUT2D eigenvalue weighted by Crippen LogP contribution is -2.35. The lowest BCUT2D eigenvalue weighted by molar-refractivity contribution is -0.137. The first-order chi connectivity index (χ1) is 12.5. The molecule has 0 aliphatic heterocycles. The van der Waals surface area contributed by atoms with E-state index in [1.54, 1.807) is 0 Å². The van der Waals surface area contributed by atoms with Crippen molar-refractivity contribution in [3.63, 3.8) is 0 Å². The number of anilines is 1. The number of halogens is 6. The second-order valence-corrected chi connectivity index (χ2v) is 6.88. The molecule has 0 spiro atoms. The summed E-state index contributed by atoms with van der Waals surface area (Å²) < 4.78 is 52.3. The van der Waals surface area contributed by atoms with Gasteiger partial charge in [-0.2, -0.15) is 13.2 Å². The number of amides is 2. The molecule has 0 fully saturated rings. The first kappa shape index (κ1) is 21.2. The molecule has 0 atom stereocenters. The van der Waals surface area contributed by atoms with E-state index in [4.69, 9.17) is 11.6 Å². The maximum Gasteiger partial charge on any atom is 0.417 e. The predicted molar refractivity (Wildman–Crippen MR) is 96.1 cm³/mol. The van der Waals surface area contributed by atoms with Crippen molar-refractivity contribution < 1.29 is 27.2 Å². The van der Waals surface area contributed by atoms with Crippen LogP contribution in [0.25, 0.3) is 0 Å². The number of benzene rings is 2. The van der Waals surface area contributed by atoms with Gasteiger partial charge in [-0.05, 0) is 36.4 Å². The zero-order valence-electron chi connectivity index (χ0n) is 13.7. The summed E-state index contributed by atoms with van der Waals surface area (Å²) in [6, 6.07) is 6.49. The summed E-state index contributed by atoms with van der Waals surface area (Å²) in [5.74, 6) is -1.99. The fourth-order valence-electron chi connectivity index (χ4n) is 2.21. The van der Waals surface area contributed by atoms with Crippen LogP contribution in [0.3, 0.4) is 0 Å². The molecule has 2 rings (SSSR count). The third-order valence-electron chi connectivity index (χ3n) is 3.39. The van der Waals surface area contributed by atoms with Crippen LogP contribution in [-0.2, 0) is 11.0 Å². The van der Waals surface area contributed by atoms with Crippen LogP contribution >= 0.6 is 27.5 Å². The molecule has 2 aromatic carbocycles. The first-order valence-electron chi connectivity index (χ1n) is 7.35. The van der Waals surface area contributed by atoms with E-state index in [1.165, 1.54) is 25.2 Å². The lowest BCUT2D eigenvalue weighted by atomic mass is 10.2. The van der Waals surface area contributed by atoms with Crippen molar-refractivity contribution in [2.45, 2.75) is 6.18 Å². The number of alkyl halides is 3. The minimum absolute atomic E-state index is 0.0167. The van der Waals surface area contributed by atoms with E-state index < -0.39 is 40.9 Å². The van der Waals surface area contributed by atoms with Crippen LogP contribution in [0.1, 0.15) is 15.9 Å². The van der Waals surface area contributed by atoms with Gasteiger partial charge in [-0.25, -0.2) is 4.39 Å². The highest BCUT2D eigenvalue weighted by molar-refractivity contribution is 9.10. The average Bonchev–Trinajstić information content (AvgIpc) is 2.53. The Balaban J connectivity index is 2.08. The largest absolute Gasteiger partial charge is 0.417 e. The number of hydrogen-bond donors (Lipinski definition) is 1. The van der Waals surface area contributed by atoms with Gasteiger partial charge in [0.25, 0.3) is 5.91 Å². The van der Waals surface area contributed by atoms with E-state index in [2.05, 4.69) is 21.2 Å². The minimum atomic E-state index is -4.67. The zero-order valence-corrected chi connectivity index (χ0v) is 16.0. The SMILES string of the molecule is CN(CC(=O)Nc1ccc(Cl)c(C(F)(F)F)c1)C(=O)c1cc(F)cc(Br)c1. The van der Waals surface area contributed by atoms with Gasteiger partial charge in [0.2, 0.25) is 5.91 Å². The van der Waals surface area contributed by atoms with Crippen LogP contribution in [0.5, 0.6) is 0 Å². The molecule has 0 aliphatic rings. The third kappa shape index (κ3) is 5.67. The van der Waals surface area contributed by atoms with Crippen molar-refractivity contribution in [2.24, 2.45) is 0 Å². The Morgan fingerprint density at radius 2 is 1.85 bits per heavy atom. The Bertz CT molecular complexity index is 869. The van der Waals surface area contributed by atoms with Gasteiger partial charge in [0.15, 0.2) is 0 Å². The highest BCUT2D eigenvalue weighted by Gasteiger charge is 2.33. The second-order valence-electron chi connectivity index (χ2n) is 5.56. The van der Waals surface area contributed by atoms with E-state index >= 15 is 0 Å². The lowest BCUT2D eigenvalue weighted by Gasteiger charge is -2.17. The van der Waals surface area contributed by atoms with Crippen LogP contribution in [-0.4, -0.2) is 30.3 Å². The number of likely N-dealkylation sites (N-methyl/N-ethyl adjacent to an activating group) is 1. The van der Waals surface area contributed by atoms with Gasteiger partial charge in [-0.1, -0.05) is 27.5 Å². The smallest absolute Gasteiger partial charge is 0.332 e. The molecule has 27 heavy (non-hydrogen) atoms.